The quantitative estimate of drug-likeness (QED) is 0.562. The summed E-state index contributed by atoms with van der Waals surface area (Å²) in [5, 5.41) is 0. The largest absolute Gasteiger partial charge is 0.247 e. The average molecular weight is 230 g/mol. The van der Waals surface area contributed by atoms with E-state index in [0.29, 0.717) is 5.50 Å². The summed E-state index contributed by atoms with van der Waals surface area (Å²) >= 11 is 6.35. The first kappa shape index (κ1) is 10.8. The highest BCUT2D eigenvalue weighted by Crippen LogP contribution is 2.16. The Morgan fingerprint density at radius 2 is 1.75 bits per heavy atom. The summed E-state index contributed by atoms with van der Waals surface area (Å²) in [6.45, 7) is 3.77. The van der Waals surface area contributed by atoms with Gasteiger partial charge in [0.15, 0.2) is 0 Å². The highest BCUT2D eigenvalue weighted by atomic mass is 35.5. The minimum atomic E-state index is 0.677. The van der Waals surface area contributed by atoms with Crippen LogP contribution >= 0.6 is 11.6 Å². The van der Waals surface area contributed by atoms with Crippen LogP contribution in [0.1, 0.15) is 11.3 Å². The fourth-order valence-corrected chi connectivity index (χ4v) is 1.80. The molecule has 0 unspecified atom stereocenters. The van der Waals surface area contributed by atoms with Crippen molar-refractivity contribution in [2.45, 2.75) is 0 Å². The van der Waals surface area contributed by atoms with Crippen LogP contribution in [-0.2, 0) is 0 Å². The van der Waals surface area contributed by atoms with Crippen LogP contribution in [-0.4, -0.2) is 0 Å². The Labute approximate surface area is 101 Å². The van der Waals surface area contributed by atoms with E-state index in [2.05, 4.69) is 6.58 Å². The van der Waals surface area contributed by atoms with Gasteiger partial charge in [-0.2, -0.15) is 0 Å². The smallest absolute Gasteiger partial charge is 0.209 e. The molecule has 0 saturated heterocycles. The van der Waals surface area contributed by atoms with Crippen molar-refractivity contribution < 1.29 is 4.57 Å². The van der Waals surface area contributed by atoms with Crippen molar-refractivity contribution in [3.05, 3.63) is 78.1 Å². The van der Waals surface area contributed by atoms with Crippen LogP contribution in [0, 0.1) is 5.50 Å². The van der Waals surface area contributed by atoms with Gasteiger partial charge in [0, 0.05) is 0 Å². The maximum Gasteiger partial charge on any atom is 0.209 e. The van der Waals surface area contributed by atoms with E-state index < -0.39 is 0 Å². The summed E-state index contributed by atoms with van der Waals surface area (Å²) < 4.78 is 1.91. The van der Waals surface area contributed by atoms with Gasteiger partial charge >= 0.3 is 0 Å². The van der Waals surface area contributed by atoms with Crippen LogP contribution in [0.4, 0.5) is 0 Å². The van der Waals surface area contributed by atoms with Gasteiger partial charge in [-0.05, 0) is 23.8 Å². The number of hydrogen-bond donors (Lipinski definition) is 0. The van der Waals surface area contributed by atoms with Crippen molar-refractivity contribution in [3.63, 3.8) is 0 Å². The fraction of sp³-hybridized carbons (Fsp3) is 0. The number of aromatic nitrogens is 1. The summed E-state index contributed by atoms with van der Waals surface area (Å²) in [5.74, 6) is 0. The number of hydrogen-bond acceptors (Lipinski definition) is 0. The molecule has 0 atom stereocenters. The van der Waals surface area contributed by atoms with Crippen LogP contribution in [0.3, 0.4) is 0 Å². The molecule has 0 bridgehead atoms. The minimum Gasteiger partial charge on any atom is -0.247 e. The van der Waals surface area contributed by atoms with E-state index in [1.54, 1.807) is 6.08 Å². The number of benzene rings is 1. The molecule has 0 amide bonds. The molecule has 1 nitrogen and oxygen atoms in total. The third kappa shape index (κ3) is 2.10. The molecule has 0 saturated carbocycles. The van der Waals surface area contributed by atoms with Crippen molar-refractivity contribution in [1.82, 2.24) is 0 Å². The first-order valence-corrected chi connectivity index (χ1v) is 5.42. The third-order valence-electron chi connectivity index (χ3n) is 2.32. The van der Waals surface area contributed by atoms with Gasteiger partial charge in [0.05, 0.1) is 0 Å². The minimum absolute atomic E-state index is 0.677. The highest BCUT2D eigenvalue weighted by Gasteiger charge is 2.13. The lowest BCUT2D eigenvalue weighted by Gasteiger charge is -2.12. The molecule has 0 aliphatic rings. The molecule has 2 heteroatoms. The van der Waals surface area contributed by atoms with Gasteiger partial charge in [0.25, 0.3) is 0 Å². The lowest BCUT2D eigenvalue weighted by Crippen LogP contribution is -2.40. The molecular formula is C14H12ClN. The first-order chi connectivity index (χ1) is 7.83. The third-order valence-corrected chi connectivity index (χ3v) is 2.72. The molecule has 0 radical (unpaired) electrons. The van der Waals surface area contributed by atoms with E-state index in [9.17, 15) is 0 Å². The van der Waals surface area contributed by atoms with E-state index in [4.69, 9.17) is 11.6 Å². The molecule has 16 heavy (non-hydrogen) atoms. The SMILES string of the molecule is C=Cc1cccc[n+]1[C-](Cl)c1ccccc1. The second kappa shape index (κ2) is 4.86. The van der Waals surface area contributed by atoms with Crippen molar-refractivity contribution in [2.75, 3.05) is 0 Å². The van der Waals surface area contributed by atoms with Crippen LogP contribution in [0.25, 0.3) is 6.08 Å². The molecule has 0 spiro atoms. The Bertz CT molecular complexity index is 479. The normalized spacial score (nSPS) is 9.81. The predicted octanol–water partition coefficient (Wildman–Crippen LogP) is 3.24. The monoisotopic (exact) mass is 229 g/mol. The summed E-state index contributed by atoms with van der Waals surface area (Å²) in [7, 11) is 0. The number of pyridine rings is 1. The zero-order chi connectivity index (χ0) is 11.4. The molecule has 1 heterocycles. The van der Waals surface area contributed by atoms with Gasteiger partial charge in [-0.15, -0.1) is 18.7 Å². The Morgan fingerprint density at radius 1 is 1.06 bits per heavy atom. The molecule has 0 fully saturated rings. The topological polar surface area (TPSA) is 3.88 Å². The van der Waals surface area contributed by atoms with Gasteiger partial charge in [-0.25, -0.2) is 4.57 Å². The fourth-order valence-electron chi connectivity index (χ4n) is 1.52. The molecular weight excluding hydrogens is 218 g/mol. The van der Waals surface area contributed by atoms with Crippen molar-refractivity contribution >= 4 is 17.7 Å². The molecule has 80 valence electrons. The average Bonchev–Trinajstić information content (AvgIpc) is 2.39. The molecule has 0 aliphatic heterocycles. The molecule has 1 aromatic heterocycles. The Kier molecular flexibility index (Phi) is 3.28. The van der Waals surface area contributed by atoms with Gasteiger partial charge in [0.2, 0.25) is 5.50 Å². The van der Waals surface area contributed by atoms with Crippen LogP contribution in [0.5, 0.6) is 0 Å². The Hall–Kier alpha value is -1.73. The van der Waals surface area contributed by atoms with Crippen molar-refractivity contribution in [1.29, 1.82) is 0 Å². The standard InChI is InChI=1S/C14H12ClN/c1-2-13-10-6-7-11-16(13)14(15)12-8-4-3-5-9-12/h2-11H,1H2. The predicted molar refractivity (Wildman–Crippen MR) is 66.8 cm³/mol. The van der Waals surface area contributed by atoms with Crippen molar-refractivity contribution in [3.8, 4) is 0 Å². The van der Waals surface area contributed by atoms with E-state index in [0.717, 1.165) is 11.3 Å². The summed E-state index contributed by atoms with van der Waals surface area (Å²) in [6, 6.07) is 15.7. The molecule has 2 rings (SSSR count). The molecule has 1 aromatic carbocycles. The Morgan fingerprint density at radius 3 is 2.44 bits per heavy atom. The second-order valence-corrected chi connectivity index (χ2v) is 3.71. The summed E-state index contributed by atoms with van der Waals surface area (Å²) in [5.41, 5.74) is 2.64. The zero-order valence-electron chi connectivity index (χ0n) is 8.81. The summed E-state index contributed by atoms with van der Waals surface area (Å²) in [4.78, 5) is 0. The van der Waals surface area contributed by atoms with Crippen LogP contribution in [0.15, 0.2) is 61.3 Å². The van der Waals surface area contributed by atoms with Crippen LogP contribution < -0.4 is 4.57 Å². The van der Waals surface area contributed by atoms with E-state index in [1.165, 1.54) is 0 Å². The van der Waals surface area contributed by atoms with E-state index in [1.807, 2.05) is 59.3 Å². The molecule has 0 aliphatic carbocycles. The van der Waals surface area contributed by atoms with Crippen molar-refractivity contribution in [2.24, 2.45) is 0 Å². The zero-order valence-corrected chi connectivity index (χ0v) is 9.56. The lowest BCUT2D eigenvalue weighted by atomic mass is 10.2. The van der Waals surface area contributed by atoms with Crippen LogP contribution in [0.2, 0.25) is 0 Å². The summed E-state index contributed by atoms with van der Waals surface area (Å²) in [6.07, 6.45) is 3.71. The van der Waals surface area contributed by atoms with Gasteiger partial charge in [0.1, 0.15) is 11.9 Å². The maximum absolute atomic E-state index is 6.35. The molecule has 2 aromatic rings. The number of nitrogens with zero attached hydrogens (tertiary/aromatic N) is 1. The van der Waals surface area contributed by atoms with E-state index >= 15 is 0 Å². The maximum atomic E-state index is 6.35. The second-order valence-electron chi connectivity index (χ2n) is 3.36. The highest BCUT2D eigenvalue weighted by molar-refractivity contribution is 6.27. The lowest BCUT2D eigenvalue weighted by molar-refractivity contribution is -0.640. The Balaban J connectivity index is 2.41. The van der Waals surface area contributed by atoms with Gasteiger partial charge < -0.3 is 0 Å². The van der Waals surface area contributed by atoms with Gasteiger partial charge in [-0.3, -0.25) is 0 Å². The van der Waals surface area contributed by atoms with E-state index in [-0.39, 0.29) is 0 Å². The number of rotatable bonds is 3. The van der Waals surface area contributed by atoms with Gasteiger partial charge in [-0.1, -0.05) is 35.9 Å². The molecule has 0 N–H and O–H groups in total. The first-order valence-electron chi connectivity index (χ1n) is 5.04. The number of halogens is 1.